The molecule has 6 heteroatoms. The zero-order valence-corrected chi connectivity index (χ0v) is 7.99. The van der Waals surface area contributed by atoms with Gasteiger partial charge >= 0.3 is 5.97 Å². The summed E-state index contributed by atoms with van der Waals surface area (Å²) in [6.45, 7) is 0. The highest BCUT2D eigenvalue weighted by molar-refractivity contribution is 6.34. The average Bonchev–Trinajstić information content (AvgIpc) is 2.46. The molecule has 0 bridgehead atoms. The van der Waals surface area contributed by atoms with E-state index < -0.39 is 5.97 Å². The van der Waals surface area contributed by atoms with Gasteiger partial charge in [-0.25, -0.2) is 14.8 Å². The first-order chi connectivity index (χ1) is 6.61. The van der Waals surface area contributed by atoms with Crippen molar-refractivity contribution < 1.29 is 9.90 Å². The molecule has 0 fully saturated rings. The van der Waals surface area contributed by atoms with E-state index in [-0.39, 0.29) is 10.8 Å². The van der Waals surface area contributed by atoms with Gasteiger partial charge in [0.15, 0.2) is 0 Å². The monoisotopic (exact) mass is 211 g/mol. The smallest absolute Gasteiger partial charge is 0.352 e. The van der Waals surface area contributed by atoms with Gasteiger partial charge in [-0.1, -0.05) is 11.6 Å². The van der Waals surface area contributed by atoms with Crippen molar-refractivity contribution in [3.63, 3.8) is 0 Å². The van der Waals surface area contributed by atoms with Crippen LogP contribution in [-0.4, -0.2) is 25.6 Å². The van der Waals surface area contributed by atoms with E-state index >= 15 is 0 Å². The van der Waals surface area contributed by atoms with E-state index in [0.717, 1.165) is 0 Å². The fourth-order valence-electron chi connectivity index (χ4n) is 1.31. The van der Waals surface area contributed by atoms with Gasteiger partial charge < -0.3 is 9.67 Å². The van der Waals surface area contributed by atoms with Crippen LogP contribution in [0.3, 0.4) is 0 Å². The van der Waals surface area contributed by atoms with Gasteiger partial charge in [0.2, 0.25) is 0 Å². The number of carboxylic acids is 1. The molecule has 2 aromatic rings. The van der Waals surface area contributed by atoms with Crippen LogP contribution in [-0.2, 0) is 7.05 Å². The lowest BCUT2D eigenvalue weighted by molar-refractivity contribution is 0.0687. The minimum Gasteiger partial charge on any atom is -0.477 e. The molecule has 0 unspecified atom stereocenters. The van der Waals surface area contributed by atoms with Crippen LogP contribution < -0.4 is 0 Å². The first-order valence-electron chi connectivity index (χ1n) is 3.80. The molecule has 14 heavy (non-hydrogen) atoms. The predicted octanol–water partition coefficient (Wildman–Crippen LogP) is 1.32. The van der Waals surface area contributed by atoms with Crippen molar-refractivity contribution in [3.8, 4) is 0 Å². The first kappa shape index (κ1) is 8.96. The SMILES string of the molecule is Cn1c(C(=O)O)cc2c(Cl)ncnc21. The van der Waals surface area contributed by atoms with Crippen LogP contribution in [0.15, 0.2) is 12.4 Å². The number of nitrogens with zero attached hydrogens (tertiary/aromatic N) is 3. The summed E-state index contributed by atoms with van der Waals surface area (Å²) in [5.74, 6) is -1.01. The van der Waals surface area contributed by atoms with Crippen LogP contribution >= 0.6 is 11.6 Å². The van der Waals surface area contributed by atoms with E-state index in [2.05, 4.69) is 9.97 Å². The number of aromatic nitrogens is 3. The number of hydrogen-bond donors (Lipinski definition) is 1. The molecule has 72 valence electrons. The van der Waals surface area contributed by atoms with Crippen LogP contribution in [0.5, 0.6) is 0 Å². The van der Waals surface area contributed by atoms with Crippen LogP contribution in [0.1, 0.15) is 10.5 Å². The number of rotatable bonds is 1. The Hall–Kier alpha value is -1.62. The highest BCUT2D eigenvalue weighted by Crippen LogP contribution is 2.22. The lowest BCUT2D eigenvalue weighted by Crippen LogP contribution is -2.04. The highest BCUT2D eigenvalue weighted by atomic mass is 35.5. The molecule has 0 saturated heterocycles. The van der Waals surface area contributed by atoms with Gasteiger partial charge in [-0.05, 0) is 6.07 Å². The van der Waals surface area contributed by atoms with Crippen molar-refractivity contribution in [3.05, 3.63) is 23.2 Å². The molecule has 0 aliphatic carbocycles. The summed E-state index contributed by atoms with van der Waals surface area (Å²) in [6, 6.07) is 1.46. The number of fused-ring (bicyclic) bond motifs is 1. The van der Waals surface area contributed by atoms with Crippen LogP contribution in [0.25, 0.3) is 11.0 Å². The average molecular weight is 212 g/mol. The molecular weight excluding hydrogens is 206 g/mol. The largest absolute Gasteiger partial charge is 0.477 e. The Morgan fingerprint density at radius 3 is 2.86 bits per heavy atom. The molecular formula is C8H6ClN3O2. The van der Waals surface area contributed by atoms with Gasteiger partial charge in [0.1, 0.15) is 22.8 Å². The topological polar surface area (TPSA) is 68.0 Å². The van der Waals surface area contributed by atoms with Crippen molar-refractivity contribution in [2.45, 2.75) is 0 Å². The van der Waals surface area contributed by atoms with Gasteiger partial charge in [-0.2, -0.15) is 0 Å². The molecule has 0 aromatic carbocycles. The number of aryl methyl sites for hydroxylation is 1. The number of carbonyl (C=O) groups is 1. The van der Waals surface area contributed by atoms with E-state index in [1.165, 1.54) is 17.0 Å². The van der Waals surface area contributed by atoms with Gasteiger partial charge in [0, 0.05) is 7.05 Å². The molecule has 0 radical (unpaired) electrons. The van der Waals surface area contributed by atoms with Crippen LogP contribution in [0, 0.1) is 0 Å². The second-order valence-electron chi connectivity index (χ2n) is 2.80. The lowest BCUT2D eigenvalue weighted by atomic mass is 10.4. The molecule has 0 amide bonds. The van der Waals surface area contributed by atoms with Crippen molar-refractivity contribution >= 4 is 28.6 Å². The molecule has 2 heterocycles. The van der Waals surface area contributed by atoms with Crippen molar-refractivity contribution in [1.82, 2.24) is 14.5 Å². The molecule has 5 nitrogen and oxygen atoms in total. The summed E-state index contributed by atoms with van der Waals surface area (Å²) in [6.07, 6.45) is 1.30. The standard InChI is InChI=1S/C8H6ClN3O2/c1-12-5(8(13)14)2-4-6(9)10-3-11-7(4)12/h2-3H,1H3,(H,13,14). The lowest BCUT2D eigenvalue weighted by Gasteiger charge is -1.97. The van der Waals surface area contributed by atoms with Gasteiger partial charge in [0.25, 0.3) is 0 Å². The maximum atomic E-state index is 10.8. The number of aromatic carboxylic acids is 1. The maximum absolute atomic E-state index is 10.8. The van der Waals surface area contributed by atoms with E-state index in [1.807, 2.05) is 0 Å². The second kappa shape index (κ2) is 2.95. The number of halogens is 1. The number of hydrogen-bond acceptors (Lipinski definition) is 3. The van der Waals surface area contributed by atoms with Crippen molar-refractivity contribution in [2.75, 3.05) is 0 Å². The normalized spacial score (nSPS) is 10.7. The predicted molar refractivity (Wildman–Crippen MR) is 50.5 cm³/mol. The van der Waals surface area contributed by atoms with Gasteiger partial charge in [0.05, 0.1) is 5.39 Å². The molecule has 2 rings (SSSR count). The molecule has 1 N–H and O–H groups in total. The van der Waals surface area contributed by atoms with Gasteiger partial charge in [-0.3, -0.25) is 0 Å². The summed E-state index contributed by atoms with van der Waals surface area (Å²) < 4.78 is 1.46. The Bertz CT molecular complexity index is 521. The third-order valence-corrected chi connectivity index (χ3v) is 2.29. The summed E-state index contributed by atoms with van der Waals surface area (Å²) >= 11 is 5.79. The Morgan fingerprint density at radius 1 is 1.57 bits per heavy atom. The molecule has 0 saturated carbocycles. The second-order valence-corrected chi connectivity index (χ2v) is 3.15. The zero-order chi connectivity index (χ0) is 10.3. The summed E-state index contributed by atoms with van der Waals surface area (Å²) in [5, 5.41) is 9.66. The van der Waals surface area contributed by atoms with E-state index in [9.17, 15) is 4.79 Å². The zero-order valence-electron chi connectivity index (χ0n) is 7.23. The van der Waals surface area contributed by atoms with Crippen LogP contribution in [0.4, 0.5) is 0 Å². The minimum atomic E-state index is -1.01. The fraction of sp³-hybridized carbons (Fsp3) is 0.125. The van der Waals surface area contributed by atoms with E-state index in [0.29, 0.717) is 11.0 Å². The maximum Gasteiger partial charge on any atom is 0.352 e. The third-order valence-electron chi connectivity index (χ3n) is 1.99. The highest BCUT2D eigenvalue weighted by Gasteiger charge is 2.14. The van der Waals surface area contributed by atoms with E-state index in [1.54, 1.807) is 7.05 Å². The molecule has 0 aliphatic heterocycles. The fourth-order valence-corrected chi connectivity index (χ4v) is 1.49. The van der Waals surface area contributed by atoms with Crippen molar-refractivity contribution in [1.29, 1.82) is 0 Å². The molecule has 0 spiro atoms. The summed E-state index contributed by atoms with van der Waals surface area (Å²) in [4.78, 5) is 18.5. The summed E-state index contributed by atoms with van der Waals surface area (Å²) in [7, 11) is 1.62. The minimum absolute atomic E-state index is 0.141. The summed E-state index contributed by atoms with van der Waals surface area (Å²) in [5.41, 5.74) is 0.657. The third kappa shape index (κ3) is 1.13. The van der Waals surface area contributed by atoms with Crippen LogP contribution in [0.2, 0.25) is 5.15 Å². The molecule has 0 aliphatic rings. The number of carboxylic acid groups (broad SMARTS) is 1. The Balaban J connectivity index is 2.86. The Morgan fingerprint density at radius 2 is 2.29 bits per heavy atom. The van der Waals surface area contributed by atoms with Gasteiger partial charge in [-0.15, -0.1) is 0 Å². The Kier molecular flexibility index (Phi) is 1.89. The Labute approximate surface area is 84.0 Å². The van der Waals surface area contributed by atoms with E-state index in [4.69, 9.17) is 16.7 Å². The quantitative estimate of drug-likeness (QED) is 0.723. The van der Waals surface area contributed by atoms with Crippen molar-refractivity contribution in [2.24, 2.45) is 7.05 Å². The molecule has 2 aromatic heterocycles. The first-order valence-corrected chi connectivity index (χ1v) is 4.18. The molecule has 0 atom stereocenters.